The summed E-state index contributed by atoms with van der Waals surface area (Å²) >= 11 is 0. The Morgan fingerprint density at radius 3 is 2.14 bits per heavy atom. The lowest BCUT2D eigenvalue weighted by atomic mass is 9.69. The maximum atomic E-state index is 13.4. The maximum Gasteiger partial charge on any atom is 0.419 e. The zero-order valence-corrected chi connectivity index (χ0v) is 18.6. The van der Waals surface area contributed by atoms with Gasteiger partial charge in [0.1, 0.15) is 17.8 Å². The lowest BCUT2D eigenvalue weighted by Crippen LogP contribution is -2.43. The lowest BCUT2D eigenvalue weighted by molar-refractivity contribution is -0.157. The molecule has 0 spiro atoms. The van der Waals surface area contributed by atoms with Crippen molar-refractivity contribution in [3.8, 4) is 17.1 Å². The monoisotopic (exact) mass is 504 g/mol. The predicted octanol–water partition coefficient (Wildman–Crippen LogP) is 5.58. The number of amides is 2. The molecule has 36 heavy (non-hydrogen) atoms. The minimum Gasteiger partial charge on any atom is -0.481 e. The van der Waals surface area contributed by atoms with E-state index in [2.05, 4.69) is 20.6 Å². The molecule has 0 unspecified atom stereocenters. The van der Waals surface area contributed by atoms with Crippen LogP contribution in [0.1, 0.15) is 24.8 Å². The van der Waals surface area contributed by atoms with E-state index in [0.717, 1.165) is 12.5 Å². The number of aromatic nitrogens is 2. The van der Waals surface area contributed by atoms with Crippen LogP contribution in [0.25, 0.3) is 11.1 Å². The number of carboxylic acids is 1. The SMILES string of the molecule is O=C(Nc1ccc(-c2cnc(OCC3(C(=O)O)CCC3)nc2)cc1)Nc1ccc(F)c(C(F)(F)F)c1. The van der Waals surface area contributed by atoms with Crippen LogP contribution in [0.5, 0.6) is 6.01 Å². The van der Waals surface area contributed by atoms with Crippen LogP contribution in [0.3, 0.4) is 0 Å². The summed E-state index contributed by atoms with van der Waals surface area (Å²) in [7, 11) is 0. The fraction of sp³-hybridized carbons (Fsp3) is 0.250. The largest absolute Gasteiger partial charge is 0.481 e. The molecule has 0 atom stereocenters. The number of benzene rings is 2. The van der Waals surface area contributed by atoms with E-state index in [4.69, 9.17) is 4.74 Å². The maximum absolute atomic E-state index is 13.4. The molecule has 4 rings (SSSR count). The van der Waals surface area contributed by atoms with Crippen molar-refractivity contribution in [2.45, 2.75) is 25.4 Å². The fourth-order valence-corrected chi connectivity index (χ4v) is 3.63. The van der Waals surface area contributed by atoms with E-state index >= 15 is 0 Å². The Kier molecular flexibility index (Phi) is 6.77. The van der Waals surface area contributed by atoms with Crippen LogP contribution in [0, 0.1) is 11.2 Å². The molecule has 12 heteroatoms. The van der Waals surface area contributed by atoms with Crippen LogP contribution in [0.4, 0.5) is 33.7 Å². The zero-order chi connectivity index (χ0) is 25.9. The Balaban J connectivity index is 1.34. The second kappa shape index (κ2) is 9.80. The van der Waals surface area contributed by atoms with Gasteiger partial charge in [0.2, 0.25) is 0 Å². The van der Waals surface area contributed by atoms with E-state index in [1.807, 2.05) is 0 Å². The summed E-state index contributed by atoms with van der Waals surface area (Å²) in [5.74, 6) is -2.33. The number of carboxylic acid groups (broad SMARTS) is 1. The molecule has 3 N–H and O–H groups in total. The van der Waals surface area contributed by atoms with Crippen LogP contribution in [0.2, 0.25) is 0 Å². The molecule has 0 saturated heterocycles. The van der Waals surface area contributed by atoms with Crippen molar-refractivity contribution in [2.24, 2.45) is 5.41 Å². The van der Waals surface area contributed by atoms with Crippen molar-refractivity contribution in [2.75, 3.05) is 17.2 Å². The van der Waals surface area contributed by atoms with Crippen molar-refractivity contribution in [1.82, 2.24) is 9.97 Å². The topological polar surface area (TPSA) is 113 Å². The van der Waals surface area contributed by atoms with Gasteiger partial charge in [0.15, 0.2) is 0 Å². The van der Waals surface area contributed by atoms with Gasteiger partial charge in [-0.2, -0.15) is 13.2 Å². The number of carbonyl (C=O) groups is 2. The van der Waals surface area contributed by atoms with E-state index < -0.39 is 35.0 Å². The van der Waals surface area contributed by atoms with Crippen molar-refractivity contribution < 1.29 is 37.0 Å². The molecular formula is C24H20F4N4O4. The third-order valence-electron chi connectivity index (χ3n) is 5.88. The third-order valence-corrected chi connectivity index (χ3v) is 5.88. The Hall–Kier alpha value is -4.22. The summed E-state index contributed by atoms with van der Waals surface area (Å²) in [6.45, 7) is -0.000446. The summed E-state index contributed by atoms with van der Waals surface area (Å²) in [6, 6.07) is 7.89. The fourth-order valence-electron chi connectivity index (χ4n) is 3.63. The van der Waals surface area contributed by atoms with Crippen LogP contribution < -0.4 is 15.4 Å². The van der Waals surface area contributed by atoms with Gasteiger partial charge >= 0.3 is 24.2 Å². The van der Waals surface area contributed by atoms with Gasteiger partial charge in [-0.3, -0.25) is 4.79 Å². The number of alkyl halides is 3. The van der Waals surface area contributed by atoms with Crippen molar-refractivity contribution >= 4 is 23.4 Å². The van der Waals surface area contributed by atoms with Gasteiger partial charge in [-0.25, -0.2) is 19.2 Å². The Morgan fingerprint density at radius 1 is 0.972 bits per heavy atom. The molecule has 0 aliphatic heterocycles. The number of carbonyl (C=O) groups excluding carboxylic acids is 1. The molecule has 0 bridgehead atoms. The molecule has 1 aliphatic rings. The first-order valence-electron chi connectivity index (χ1n) is 10.8. The van der Waals surface area contributed by atoms with Crippen LogP contribution in [-0.4, -0.2) is 33.7 Å². The minimum atomic E-state index is -4.89. The first-order valence-corrected chi connectivity index (χ1v) is 10.8. The second-order valence-corrected chi connectivity index (χ2v) is 8.33. The van der Waals surface area contributed by atoms with Gasteiger partial charge in [0.05, 0.1) is 5.56 Å². The normalized spacial score (nSPS) is 14.4. The summed E-state index contributed by atoms with van der Waals surface area (Å²) < 4.78 is 57.4. The molecule has 1 saturated carbocycles. The number of urea groups is 1. The highest BCUT2D eigenvalue weighted by atomic mass is 19.4. The smallest absolute Gasteiger partial charge is 0.419 e. The van der Waals surface area contributed by atoms with Crippen molar-refractivity contribution in [3.05, 3.63) is 66.2 Å². The third kappa shape index (κ3) is 5.53. The van der Waals surface area contributed by atoms with Gasteiger partial charge in [-0.05, 0) is 48.7 Å². The van der Waals surface area contributed by atoms with Crippen LogP contribution >= 0.6 is 0 Å². The highest BCUT2D eigenvalue weighted by molar-refractivity contribution is 5.99. The molecule has 1 aromatic heterocycles. The second-order valence-electron chi connectivity index (χ2n) is 8.33. The van der Waals surface area contributed by atoms with Gasteiger partial charge in [-0.1, -0.05) is 18.6 Å². The molecule has 0 radical (unpaired) electrons. The number of hydrogen-bond donors (Lipinski definition) is 3. The van der Waals surface area contributed by atoms with E-state index in [0.29, 0.717) is 41.8 Å². The highest BCUT2D eigenvalue weighted by Gasteiger charge is 2.45. The minimum absolute atomic E-state index is 0.000446. The van der Waals surface area contributed by atoms with Crippen molar-refractivity contribution in [1.29, 1.82) is 0 Å². The number of nitrogens with one attached hydrogen (secondary N) is 2. The summed E-state index contributed by atoms with van der Waals surface area (Å²) in [5, 5.41) is 14.1. The molecule has 8 nitrogen and oxygen atoms in total. The lowest BCUT2D eigenvalue weighted by Gasteiger charge is -2.36. The Morgan fingerprint density at radius 2 is 1.58 bits per heavy atom. The van der Waals surface area contributed by atoms with E-state index in [9.17, 15) is 32.3 Å². The summed E-state index contributed by atoms with van der Waals surface area (Å²) in [4.78, 5) is 31.8. The standard InChI is InChI=1S/C24H20F4N4O4/c25-19-7-6-17(10-18(19)24(26,27)28)32-21(35)31-16-4-2-14(3-5-16)15-11-29-22(30-12-15)36-13-23(20(33)34)8-1-9-23/h2-7,10-12H,1,8-9,13H2,(H,33,34)(H2,31,32,35). The summed E-state index contributed by atoms with van der Waals surface area (Å²) in [5.41, 5.74) is -0.872. The first kappa shape index (κ1) is 24.9. The van der Waals surface area contributed by atoms with Gasteiger partial charge in [0, 0.05) is 29.3 Å². The van der Waals surface area contributed by atoms with Gasteiger partial charge < -0.3 is 20.5 Å². The number of rotatable bonds is 7. The van der Waals surface area contributed by atoms with Gasteiger partial charge in [-0.15, -0.1) is 0 Å². The molecule has 2 aromatic carbocycles. The van der Waals surface area contributed by atoms with E-state index in [1.165, 1.54) is 12.4 Å². The molecule has 1 aliphatic carbocycles. The highest BCUT2D eigenvalue weighted by Crippen LogP contribution is 2.41. The number of anilines is 2. The number of halogens is 4. The molecular weight excluding hydrogens is 484 g/mol. The number of ether oxygens (including phenoxy) is 1. The number of nitrogens with zero attached hydrogens (tertiary/aromatic N) is 2. The molecule has 188 valence electrons. The molecule has 3 aromatic rings. The van der Waals surface area contributed by atoms with Gasteiger partial charge in [0.25, 0.3) is 0 Å². The van der Waals surface area contributed by atoms with E-state index in [1.54, 1.807) is 24.3 Å². The average Bonchev–Trinajstić information content (AvgIpc) is 2.79. The average molecular weight is 504 g/mol. The van der Waals surface area contributed by atoms with Crippen molar-refractivity contribution in [3.63, 3.8) is 0 Å². The first-order chi connectivity index (χ1) is 17.1. The Labute approximate surface area is 202 Å². The molecule has 1 fully saturated rings. The zero-order valence-electron chi connectivity index (χ0n) is 18.6. The molecule has 2 amide bonds. The summed E-state index contributed by atoms with van der Waals surface area (Å²) in [6.07, 6.45) is 0.0814. The van der Waals surface area contributed by atoms with Crippen LogP contribution in [0.15, 0.2) is 54.9 Å². The molecule has 1 heterocycles. The van der Waals surface area contributed by atoms with E-state index in [-0.39, 0.29) is 18.3 Å². The number of aliphatic carboxylic acids is 1. The van der Waals surface area contributed by atoms with Crippen LogP contribution in [-0.2, 0) is 11.0 Å². The predicted molar refractivity (Wildman–Crippen MR) is 121 cm³/mol. The Bertz CT molecular complexity index is 1260. The quantitative estimate of drug-likeness (QED) is 0.362. The number of hydrogen-bond acceptors (Lipinski definition) is 5.